The maximum atomic E-state index is 5.78. The fourth-order valence-corrected chi connectivity index (χ4v) is 2.20. The summed E-state index contributed by atoms with van der Waals surface area (Å²) in [5.74, 6) is 2.81. The van der Waals surface area contributed by atoms with Gasteiger partial charge in [-0.05, 0) is 38.9 Å². The summed E-state index contributed by atoms with van der Waals surface area (Å²) in [6.45, 7) is 12.7. The molecule has 0 aliphatic heterocycles. The van der Waals surface area contributed by atoms with E-state index in [9.17, 15) is 0 Å². The molecular weight excluding hydrogens is 224 g/mol. The highest BCUT2D eigenvalue weighted by atomic mass is 16.3. The number of nitrogens with zero attached hydrogens (tertiary/aromatic N) is 1. The Bertz CT molecular complexity index is 344. The molecule has 3 heteroatoms. The second kappa shape index (κ2) is 7.59. The van der Waals surface area contributed by atoms with Crippen LogP contribution in [0.2, 0.25) is 0 Å². The van der Waals surface area contributed by atoms with E-state index in [1.807, 2.05) is 0 Å². The fourth-order valence-electron chi connectivity index (χ4n) is 2.20. The average molecular weight is 252 g/mol. The van der Waals surface area contributed by atoms with E-state index in [4.69, 9.17) is 4.42 Å². The van der Waals surface area contributed by atoms with Crippen molar-refractivity contribution in [1.82, 2.24) is 10.2 Å². The molecule has 1 N–H and O–H groups in total. The van der Waals surface area contributed by atoms with Gasteiger partial charge in [-0.25, -0.2) is 0 Å². The minimum atomic E-state index is 0.702. The summed E-state index contributed by atoms with van der Waals surface area (Å²) in [6, 6.07) is 2.19. The lowest BCUT2D eigenvalue weighted by molar-refractivity contribution is 0.286. The second-order valence-corrected chi connectivity index (χ2v) is 5.56. The van der Waals surface area contributed by atoms with Gasteiger partial charge in [0, 0.05) is 18.7 Å². The summed E-state index contributed by atoms with van der Waals surface area (Å²) in [7, 11) is 2.17. The Morgan fingerprint density at radius 2 is 2.11 bits per heavy atom. The van der Waals surface area contributed by atoms with Gasteiger partial charge in [0.05, 0.1) is 6.54 Å². The highest BCUT2D eigenvalue weighted by Gasteiger charge is 2.10. The third-order valence-electron chi connectivity index (χ3n) is 2.91. The normalized spacial score (nSPS) is 11.7. The van der Waals surface area contributed by atoms with Gasteiger partial charge in [-0.3, -0.25) is 0 Å². The molecule has 0 saturated heterocycles. The minimum absolute atomic E-state index is 0.702. The zero-order valence-electron chi connectivity index (χ0n) is 12.5. The van der Waals surface area contributed by atoms with E-state index >= 15 is 0 Å². The third-order valence-corrected chi connectivity index (χ3v) is 2.91. The maximum Gasteiger partial charge on any atom is 0.118 e. The second-order valence-electron chi connectivity index (χ2n) is 5.56. The number of aryl methyl sites for hydroxylation is 1. The van der Waals surface area contributed by atoms with Crippen molar-refractivity contribution in [3.8, 4) is 0 Å². The Balaban J connectivity index is 2.50. The maximum absolute atomic E-state index is 5.78. The molecule has 0 saturated carbocycles. The van der Waals surface area contributed by atoms with Crippen molar-refractivity contribution < 1.29 is 4.42 Å². The Morgan fingerprint density at radius 1 is 1.39 bits per heavy atom. The molecule has 0 amide bonds. The van der Waals surface area contributed by atoms with E-state index in [-0.39, 0.29) is 0 Å². The van der Waals surface area contributed by atoms with Crippen LogP contribution in [0.5, 0.6) is 0 Å². The predicted octanol–water partition coefficient (Wildman–Crippen LogP) is 3.18. The predicted molar refractivity (Wildman–Crippen MR) is 76.6 cm³/mol. The van der Waals surface area contributed by atoms with Crippen LogP contribution in [0.4, 0.5) is 0 Å². The van der Waals surface area contributed by atoms with Gasteiger partial charge in [-0.2, -0.15) is 0 Å². The monoisotopic (exact) mass is 252 g/mol. The molecule has 18 heavy (non-hydrogen) atoms. The smallest absolute Gasteiger partial charge is 0.118 e. The van der Waals surface area contributed by atoms with Crippen LogP contribution in [0.25, 0.3) is 0 Å². The number of nitrogens with one attached hydrogen (secondary N) is 1. The van der Waals surface area contributed by atoms with Gasteiger partial charge in [0.25, 0.3) is 0 Å². The van der Waals surface area contributed by atoms with Crippen molar-refractivity contribution in [2.24, 2.45) is 5.92 Å². The molecular formula is C15H28N2O. The van der Waals surface area contributed by atoms with E-state index in [2.05, 4.69) is 51.0 Å². The zero-order valence-corrected chi connectivity index (χ0v) is 12.5. The first-order valence-electron chi connectivity index (χ1n) is 7.00. The van der Waals surface area contributed by atoms with Crippen molar-refractivity contribution in [1.29, 1.82) is 0 Å². The summed E-state index contributed by atoms with van der Waals surface area (Å²) in [4.78, 5) is 2.35. The molecule has 0 radical (unpaired) electrons. The van der Waals surface area contributed by atoms with E-state index in [0.29, 0.717) is 5.92 Å². The quantitative estimate of drug-likeness (QED) is 0.720. The standard InChI is InChI=1S/C15H28N2O/c1-6-7-16-9-15-8-14(13(4)18-15)11-17(5)10-12(2)3/h8,12,16H,6-7,9-11H2,1-5H3. The Morgan fingerprint density at radius 3 is 2.72 bits per heavy atom. The summed E-state index contributed by atoms with van der Waals surface area (Å²) in [5, 5.41) is 3.37. The first-order valence-corrected chi connectivity index (χ1v) is 7.00. The van der Waals surface area contributed by atoms with E-state index < -0.39 is 0 Å². The molecule has 0 aromatic carbocycles. The zero-order chi connectivity index (χ0) is 13.5. The topological polar surface area (TPSA) is 28.4 Å². The lowest BCUT2D eigenvalue weighted by Gasteiger charge is -2.18. The van der Waals surface area contributed by atoms with Crippen molar-refractivity contribution >= 4 is 0 Å². The summed E-state index contributed by atoms with van der Waals surface area (Å²) in [6.07, 6.45) is 1.16. The molecule has 1 heterocycles. The van der Waals surface area contributed by atoms with Crippen LogP contribution in [0.15, 0.2) is 10.5 Å². The molecule has 104 valence electrons. The van der Waals surface area contributed by atoms with Gasteiger partial charge in [0.2, 0.25) is 0 Å². The Labute approximate surface area is 112 Å². The van der Waals surface area contributed by atoms with E-state index in [1.165, 1.54) is 5.56 Å². The molecule has 0 bridgehead atoms. The Hall–Kier alpha value is -0.800. The molecule has 3 nitrogen and oxygen atoms in total. The van der Waals surface area contributed by atoms with Gasteiger partial charge in [0.15, 0.2) is 0 Å². The van der Waals surface area contributed by atoms with Crippen LogP contribution in [0, 0.1) is 12.8 Å². The third kappa shape index (κ3) is 5.23. The largest absolute Gasteiger partial charge is 0.465 e. The van der Waals surface area contributed by atoms with Crippen LogP contribution in [0.3, 0.4) is 0 Å². The van der Waals surface area contributed by atoms with Gasteiger partial charge >= 0.3 is 0 Å². The highest BCUT2D eigenvalue weighted by molar-refractivity contribution is 5.20. The number of hydrogen-bond acceptors (Lipinski definition) is 3. The molecule has 1 aromatic rings. The molecule has 1 rings (SSSR count). The van der Waals surface area contributed by atoms with E-state index in [1.54, 1.807) is 0 Å². The first kappa shape index (κ1) is 15.3. The number of hydrogen-bond donors (Lipinski definition) is 1. The average Bonchev–Trinajstić information content (AvgIpc) is 2.58. The van der Waals surface area contributed by atoms with Crippen LogP contribution in [-0.2, 0) is 13.1 Å². The Kier molecular flexibility index (Phi) is 6.44. The lowest BCUT2D eigenvalue weighted by atomic mass is 10.2. The van der Waals surface area contributed by atoms with Crippen molar-refractivity contribution in [2.75, 3.05) is 20.1 Å². The highest BCUT2D eigenvalue weighted by Crippen LogP contribution is 2.16. The first-order chi connectivity index (χ1) is 8.52. The number of rotatable bonds is 8. The SMILES string of the molecule is CCCNCc1cc(CN(C)CC(C)C)c(C)o1. The van der Waals surface area contributed by atoms with Gasteiger partial charge < -0.3 is 14.6 Å². The summed E-state index contributed by atoms with van der Waals surface area (Å²) < 4.78 is 5.78. The van der Waals surface area contributed by atoms with Gasteiger partial charge in [-0.1, -0.05) is 20.8 Å². The van der Waals surface area contributed by atoms with Gasteiger partial charge in [-0.15, -0.1) is 0 Å². The number of furan rings is 1. The molecule has 0 fully saturated rings. The van der Waals surface area contributed by atoms with Crippen molar-refractivity contribution in [3.05, 3.63) is 23.2 Å². The minimum Gasteiger partial charge on any atom is -0.465 e. The fraction of sp³-hybridized carbons (Fsp3) is 0.733. The van der Waals surface area contributed by atoms with Crippen molar-refractivity contribution in [3.63, 3.8) is 0 Å². The van der Waals surface area contributed by atoms with Crippen LogP contribution in [-0.4, -0.2) is 25.0 Å². The summed E-state index contributed by atoms with van der Waals surface area (Å²) in [5.41, 5.74) is 1.31. The molecule has 0 aliphatic carbocycles. The van der Waals surface area contributed by atoms with Crippen LogP contribution < -0.4 is 5.32 Å². The van der Waals surface area contributed by atoms with Crippen LogP contribution >= 0.6 is 0 Å². The molecule has 0 spiro atoms. The molecule has 1 aromatic heterocycles. The lowest BCUT2D eigenvalue weighted by Crippen LogP contribution is -2.22. The molecule has 0 aliphatic rings. The molecule has 0 atom stereocenters. The molecule has 0 unspecified atom stereocenters. The van der Waals surface area contributed by atoms with E-state index in [0.717, 1.165) is 44.1 Å². The van der Waals surface area contributed by atoms with Gasteiger partial charge in [0.1, 0.15) is 11.5 Å². The van der Waals surface area contributed by atoms with Crippen LogP contribution in [0.1, 0.15) is 44.3 Å². The van der Waals surface area contributed by atoms with Crippen molar-refractivity contribution in [2.45, 2.75) is 47.2 Å². The summed E-state index contributed by atoms with van der Waals surface area (Å²) >= 11 is 0.